The van der Waals surface area contributed by atoms with Gasteiger partial charge in [-0.15, -0.1) is 12.4 Å². The molecule has 7 heteroatoms. The largest absolute Gasteiger partial charge is 0.477 e. The van der Waals surface area contributed by atoms with Crippen molar-refractivity contribution in [2.45, 2.75) is 19.8 Å². The van der Waals surface area contributed by atoms with E-state index in [1.807, 2.05) is 0 Å². The Hall–Kier alpha value is -1.27. The number of H-pyrrole nitrogens is 1. The lowest BCUT2D eigenvalue weighted by molar-refractivity contribution is 0.0520. The number of nitrogens with one attached hydrogen (secondary N) is 2. The minimum Gasteiger partial charge on any atom is -0.477 e. The lowest BCUT2D eigenvalue weighted by Crippen LogP contribution is -2.33. The summed E-state index contributed by atoms with van der Waals surface area (Å²) >= 11 is 0. The van der Waals surface area contributed by atoms with Gasteiger partial charge >= 0.3 is 5.97 Å². The number of esters is 1. The average molecular weight is 290 g/mol. The van der Waals surface area contributed by atoms with Crippen molar-refractivity contribution in [3.63, 3.8) is 0 Å². The molecule has 1 unspecified atom stereocenters. The third-order valence-electron chi connectivity index (χ3n) is 2.96. The highest BCUT2D eigenvalue weighted by molar-refractivity contribution is 5.91. The van der Waals surface area contributed by atoms with Gasteiger partial charge in [-0.1, -0.05) is 0 Å². The first kappa shape index (κ1) is 15.8. The van der Waals surface area contributed by atoms with Gasteiger partial charge in [0, 0.05) is 12.5 Å². The fourth-order valence-electron chi connectivity index (χ4n) is 2.01. The molecule has 1 aromatic rings. The zero-order valence-electron chi connectivity index (χ0n) is 11.0. The number of aromatic amines is 1. The van der Waals surface area contributed by atoms with Crippen LogP contribution < -0.4 is 10.1 Å². The summed E-state index contributed by atoms with van der Waals surface area (Å²) in [6.45, 7) is 4.74. The Labute approximate surface area is 118 Å². The first-order chi connectivity index (χ1) is 8.81. The molecule has 2 rings (SSSR count). The Bertz CT molecular complexity index is 391. The van der Waals surface area contributed by atoms with E-state index >= 15 is 0 Å². The number of piperidine rings is 1. The highest BCUT2D eigenvalue weighted by Crippen LogP contribution is 2.18. The van der Waals surface area contributed by atoms with Gasteiger partial charge in [0.2, 0.25) is 5.88 Å². The van der Waals surface area contributed by atoms with Crippen LogP contribution in [0.5, 0.6) is 5.88 Å². The van der Waals surface area contributed by atoms with E-state index in [-0.39, 0.29) is 12.4 Å². The maximum absolute atomic E-state index is 11.6. The third kappa shape index (κ3) is 4.40. The Morgan fingerprint density at radius 2 is 2.42 bits per heavy atom. The smallest absolute Gasteiger partial charge is 0.345 e. The van der Waals surface area contributed by atoms with Crippen LogP contribution in [0.1, 0.15) is 30.1 Å². The summed E-state index contributed by atoms with van der Waals surface area (Å²) in [6, 6.07) is 0. The number of carbonyl (C=O) groups excluding carboxylic acids is 1. The van der Waals surface area contributed by atoms with Crippen LogP contribution in [-0.4, -0.2) is 42.5 Å². The Morgan fingerprint density at radius 1 is 1.58 bits per heavy atom. The molecule has 1 saturated heterocycles. The number of nitrogens with zero attached hydrogens (tertiary/aromatic N) is 1. The van der Waals surface area contributed by atoms with Crippen LogP contribution in [0.4, 0.5) is 0 Å². The van der Waals surface area contributed by atoms with Gasteiger partial charge in [0.25, 0.3) is 0 Å². The number of aromatic nitrogens is 2. The van der Waals surface area contributed by atoms with Crippen molar-refractivity contribution < 1.29 is 14.3 Å². The van der Waals surface area contributed by atoms with Crippen LogP contribution >= 0.6 is 12.4 Å². The second-order valence-electron chi connectivity index (χ2n) is 4.36. The monoisotopic (exact) mass is 289 g/mol. The van der Waals surface area contributed by atoms with Crippen molar-refractivity contribution in [1.82, 2.24) is 15.5 Å². The van der Waals surface area contributed by atoms with E-state index in [0.29, 0.717) is 30.6 Å². The second kappa shape index (κ2) is 8.01. The summed E-state index contributed by atoms with van der Waals surface area (Å²) in [7, 11) is 0. The van der Waals surface area contributed by atoms with Crippen molar-refractivity contribution in [2.24, 2.45) is 5.92 Å². The molecule has 1 aliphatic rings. The summed E-state index contributed by atoms with van der Waals surface area (Å²) in [4.78, 5) is 11.6. The maximum atomic E-state index is 11.6. The summed E-state index contributed by atoms with van der Waals surface area (Å²) in [5.74, 6) is 0.485. The van der Waals surface area contributed by atoms with E-state index in [4.69, 9.17) is 9.47 Å². The number of ether oxygens (including phenoxy) is 2. The quantitative estimate of drug-likeness (QED) is 0.801. The van der Waals surface area contributed by atoms with Crippen molar-refractivity contribution in [3.8, 4) is 5.88 Å². The Kier molecular flexibility index (Phi) is 6.66. The molecule has 0 spiro atoms. The lowest BCUT2D eigenvalue weighted by Gasteiger charge is -2.22. The first-order valence-electron chi connectivity index (χ1n) is 6.35. The van der Waals surface area contributed by atoms with E-state index < -0.39 is 5.97 Å². The molecule has 6 nitrogen and oxygen atoms in total. The fraction of sp³-hybridized carbons (Fsp3) is 0.667. The van der Waals surface area contributed by atoms with Gasteiger partial charge < -0.3 is 14.8 Å². The second-order valence-corrected chi connectivity index (χ2v) is 4.36. The number of halogens is 1. The summed E-state index contributed by atoms with van der Waals surface area (Å²) < 4.78 is 10.6. The van der Waals surface area contributed by atoms with Gasteiger partial charge in [0.1, 0.15) is 5.56 Å². The van der Waals surface area contributed by atoms with Gasteiger partial charge in [0.05, 0.1) is 19.4 Å². The highest BCUT2D eigenvalue weighted by atomic mass is 35.5. The van der Waals surface area contributed by atoms with E-state index in [1.54, 1.807) is 6.92 Å². The maximum Gasteiger partial charge on any atom is 0.345 e. The minimum atomic E-state index is -0.400. The van der Waals surface area contributed by atoms with Gasteiger partial charge in [-0.25, -0.2) is 9.89 Å². The van der Waals surface area contributed by atoms with Crippen LogP contribution in [0, 0.1) is 5.92 Å². The number of hydrogen-bond donors (Lipinski definition) is 2. The average Bonchev–Trinajstić information content (AvgIpc) is 2.86. The molecular formula is C12H20ClN3O3. The number of carbonyl (C=O) groups is 1. The van der Waals surface area contributed by atoms with Crippen LogP contribution in [-0.2, 0) is 4.74 Å². The number of hydrogen-bond acceptors (Lipinski definition) is 5. The normalized spacial score (nSPS) is 18.5. The highest BCUT2D eigenvalue weighted by Gasteiger charge is 2.19. The van der Waals surface area contributed by atoms with E-state index in [9.17, 15) is 4.79 Å². The molecule has 2 N–H and O–H groups in total. The van der Waals surface area contributed by atoms with Gasteiger partial charge in [0.15, 0.2) is 0 Å². The Balaban J connectivity index is 0.00000180. The summed E-state index contributed by atoms with van der Waals surface area (Å²) in [5, 5.41) is 9.84. The van der Waals surface area contributed by atoms with Crippen LogP contribution in [0.3, 0.4) is 0 Å². The molecule has 1 aliphatic heterocycles. The van der Waals surface area contributed by atoms with Crippen molar-refractivity contribution in [2.75, 3.05) is 26.3 Å². The molecule has 1 aromatic heterocycles. The molecule has 0 radical (unpaired) electrons. The molecule has 0 saturated carbocycles. The molecule has 0 aliphatic carbocycles. The molecule has 0 aromatic carbocycles. The van der Waals surface area contributed by atoms with Crippen LogP contribution in [0.25, 0.3) is 0 Å². The first-order valence-corrected chi connectivity index (χ1v) is 6.35. The molecule has 19 heavy (non-hydrogen) atoms. The van der Waals surface area contributed by atoms with E-state index in [0.717, 1.165) is 19.5 Å². The van der Waals surface area contributed by atoms with Crippen molar-refractivity contribution in [1.29, 1.82) is 0 Å². The standard InChI is InChI=1S/C12H19N3O3.ClH/c1-2-17-12(16)10-7-14-15-11(10)18-8-9-4-3-5-13-6-9;/h7,9,13H,2-6,8H2,1H3,(H,14,15);1H. The predicted molar refractivity (Wildman–Crippen MR) is 72.9 cm³/mol. The van der Waals surface area contributed by atoms with Gasteiger partial charge in [-0.2, -0.15) is 5.10 Å². The zero-order chi connectivity index (χ0) is 12.8. The fourth-order valence-corrected chi connectivity index (χ4v) is 2.01. The molecule has 2 heterocycles. The predicted octanol–water partition coefficient (Wildman–Crippen LogP) is 1.39. The summed E-state index contributed by atoms with van der Waals surface area (Å²) in [5.41, 5.74) is 0.362. The zero-order valence-corrected chi connectivity index (χ0v) is 11.8. The van der Waals surface area contributed by atoms with Crippen LogP contribution in [0.2, 0.25) is 0 Å². The molecule has 108 valence electrons. The Morgan fingerprint density at radius 3 is 3.11 bits per heavy atom. The van der Waals surface area contributed by atoms with E-state index in [1.165, 1.54) is 12.6 Å². The van der Waals surface area contributed by atoms with Crippen LogP contribution in [0.15, 0.2) is 6.20 Å². The van der Waals surface area contributed by atoms with Gasteiger partial charge in [-0.3, -0.25) is 0 Å². The molecule has 0 bridgehead atoms. The number of rotatable bonds is 5. The molecule has 1 fully saturated rings. The van der Waals surface area contributed by atoms with Crippen molar-refractivity contribution >= 4 is 18.4 Å². The topological polar surface area (TPSA) is 76.2 Å². The molecule has 1 atom stereocenters. The van der Waals surface area contributed by atoms with Crippen molar-refractivity contribution in [3.05, 3.63) is 11.8 Å². The minimum absolute atomic E-state index is 0. The summed E-state index contributed by atoms with van der Waals surface area (Å²) in [6.07, 6.45) is 3.75. The lowest BCUT2D eigenvalue weighted by atomic mass is 10.0. The SMILES string of the molecule is CCOC(=O)c1cn[nH]c1OCC1CCCNC1.Cl. The molecule has 0 amide bonds. The third-order valence-corrected chi connectivity index (χ3v) is 2.96. The van der Waals surface area contributed by atoms with E-state index in [2.05, 4.69) is 15.5 Å². The molecular weight excluding hydrogens is 270 g/mol. The van der Waals surface area contributed by atoms with Gasteiger partial charge in [-0.05, 0) is 26.3 Å².